The molecule has 0 aliphatic carbocycles. The standard InChI is InChI=1S/C8H18N2O2/c1-4-7(10-9)8(11-5-2)12-6-3/h4,7-8,10H,1,5-6,9H2,2-3H3. The van der Waals surface area contributed by atoms with E-state index in [1.807, 2.05) is 13.8 Å². The number of hydrogen-bond donors (Lipinski definition) is 2. The molecular weight excluding hydrogens is 156 g/mol. The molecular formula is C8H18N2O2. The van der Waals surface area contributed by atoms with Crippen molar-refractivity contribution in [3.8, 4) is 0 Å². The molecule has 4 heteroatoms. The molecule has 0 bridgehead atoms. The highest BCUT2D eigenvalue weighted by Gasteiger charge is 2.16. The van der Waals surface area contributed by atoms with Gasteiger partial charge < -0.3 is 9.47 Å². The number of hydrogen-bond acceptors (Lipinski definition) is 4. The van der Waals surface area contributed by atoms with Crippen molar-refractivity contribution in [1.82, 2.24) is 5.43 Å². The minimum Gasteiger partial charge on any atom is -0.351 e. The van der Waals surface area contributed by atoms with E-state index in [0.717, 1.165) is 0 Å². The zero-order valence-corrected chi connectivity index (χ0v) is 7.75. The molecule has 4 nitrogen and oxygen atoms in total. The Balaban J connectivity index is 3.94. The lowest BCUT2D eigenvalue weighted by atomic mass is 10.3. The van der Waals surface area contributed by atoms with Crippen molar-refractivity contribution in [2.45, 2.75) is 26.2 Å². The molecule has 0 aliphatic rings. The molecule has 0 rings (SSSR count). The number of ether oxygens (including phenoxy) is 2. The number of nitrogens with two attached hydrogens (primary N) is 1. The lowest BCUT2D eigenvalue weighted by Crippen LogP contribution is -2.45. The highest BCUT2D eigenvalue weighted by Crippen LogP contribution is 2.01. The van der Waals surface area contributed by atoms with Crippen LogP contribution in [0.15, 0.2) is 12.7 Å². The summed E-state index contributed by atoms with van der Waals surface area (Å²) in [6.45, 7) is 8.61. The van der Waals surface area contributed by atoms with E-state index < -0.39 is 0 Å². The molecule has 0 radical (unpaired) electrons. The third-order valence-electron chi connectivity index (χ3n) is 1.40. The van der Waals surface area contributed by atoms with E-state index in [1.54, 1.807) is 6.08 Å². The molecule has 1 unspecified atom stereocenters. The summed E-state index contributed by atoms with van der Waals surface area (Å²) in [6, 6.07) is -0.162. The number of hydrazine groups is 1. The summed E-state index contributed by atoms with van der Waals surface area (Å²) in [7, 11) is 0. The Morgan fingerprint density at radius 1 is 1.42 bits per heavy atom. The van der Waals surface area contributed by atoms with Gasteiger partial charge in [0, 0.05) is 13.2 Å². The maximum atomic E-state index is 5.29. The third-order valence-corrected chi connectivity index (χ3v) is 1.40. The van der Waals surface area contributed by atoms with Gasteiger partial charge in [-0.05, 0) is 13.8 Å². The van der Waals surface area contributed by atoms with Crippen molar-refractivity contribution >= 4 is 0 Å². The van der Waals surface area contributed by atoms with Crippen LogP contribution in [0.2, 0.25) is 0 Å². The van der Waals surface area contributed by atoms with Gasteiger partial charge in [-0.1, -0.05) is 6.08 Å². The van der Waals surface area contributed by atoms with Crippen LogP contribution in [-0.4, -0.2) is 25.5 Å². The minimum atomic E-state index is -0.345. The second kappa shape index (κ2) is 7.24. The third kappa shape index (κ3) is 3.82. The van der Waals surface area contributed by atoms with Crippen molar-refractivity contribution in [3.05, 3.63) is 12.7 Å². The zero-order valence-electron chi connectivity index (χ0n) is 7.75. The average molecular weight is 174 g/mol. The quantitative estimate of drug-likeness (QED) is 0.254. The first kappa shape index (κ1) is 11.6. The smallest absolute Gasteiger partial charge is 0.177 e. The number of rotatable bonds is 7. The van der Waals surface area contributed by atoms with Crippen LogP contribution in [-0.2, 0) is 9.47 Å². The fourth-order valence-corrected chi connectivity index (χ4v) is 0.842. The molecule has 1 atom stereocenters. The molecule has 0 aromatic heterocycles. The molecule has 72 valence electrons. The van der Waals surface area contributed by atoms with Crippen LogP contribution >= 0.6 is 0 Å². The molecule has 0 saturated heterocycles. The van der Waals surface area contributed by atoms with Crippen molar-refractivity contribution in [2.75, 3.05) is 13.2 Å². The monoisotopic (exact) mass is 174 g/mol. The Hall–Kier alpha value is -0.420. The van der Waals surface area contributed by atoms with Crippen LogP contribution in [0.25, 0.3) is 0 Å². The van der Waals surface area contributed by atoms with Gasteiger partial charge in [-0.25, -0.2) is 5.43 Å². The normalized spacial score (nSPS) is 13.3. The number of nitrogens with one attached hydrogen (secondary N) is 1. The van der Waals surface area contributed by atoms with Crippen LogP contribution in [0.4, 0.5) is 0 Å². The van der Waals surface area contributed by atoms with Gasteiger partial charge in [-0.3, -0.25) is 5.84 Å². The Morgan fingerprint density at radius 3 is 2.17 bits per heavy atom. The van der Waals surface area contributed by atoms with Gasteiger partial charge in [0.05, 0.1) is 6.04 Å². The van der Waals surface area contributed by atoms with Gasteiger partial charge in [0.15, 0.2) is 6.29 Å². The van der Waals surface area contributed by atoms with Gasteiger partial charge in [-0.15, -0.1) is 6.58 Å². The van der Waals surface area contributed by atoms with Gasteiger partial charge in [-0.2, -0.15) is 0 Å². The van der Waals surface area contributed by atoms with Gasteiger partial charge in [0.2, 0.25) is 0 Å². The Bertz CT molecular complexity index is 114. The molecule has 12 heavy (non-hydrogen) atoms. The van der Waals surface area contributed by atoms with E-state index in [-0.39, 0.29) is 12.3 Å². The molecule has 0 fully saturated rings. The van der Waals surface area contributed by atoms with Crippen LogP contribution in [0, 0.1) is 0 Å². The predicted molar refractivity (Wildman–Crippen MR) is 48.3 cm³/mol. The van der Waals surface area contributed by atoms with E-state index in [4.69, 9.17) is 15.3 Å². The Kier molecular flexibility index (Phi) is 6.99. The van der Waals surface area contributed by atoms with Gasteiger partial charge >= 0.3 is 0 Å². The lowest BCUT2D eigenvalue weighted by Gasteiger charge is -2.23. The van der Waals surface area contributed by atoms with Crippen LogP contribution < -0.4 is 11.3 Å². The van der Waals surface area contributed by atoms with E-state index in [9.17, 15) is 0 Å². The van der Waals surface area contributed by atoms with E-state index in [0.29, 0.717) is 13.2 Å². The summed E-state index contributed by atoms with van der Waals surface area (Å²) in [6.07, 6.45) is 1.32. The van der Waals surface area contributed by atoms with Crippen LogP contribution in [0.5, 0.6) is 0 Å². The van der Waals surface area contributed by atoms with Gasteiger partial charge in [0.1, 0.15) is 0 Å². The second-order valence-corrected chi connectivity index (χ2v) is 2.21. The van der Waals surface area contributed by atoms with Crippen LogP contribution in [0.1, 0.15) is 13.8 Å². The van der Waals surface area contributed by atoms with Crippen molar-refractivity contribution in [1.29, 1.82) is 0 Å². The van der Waals surface area contributed by atoms with Crippen molar-refractivity contribution in [2.24, 2.45) is 5.84 Å². The highest BCUT2D eigenvalue weighted by atomic mass is 16.7. The first-order chi connectivity index (χ1) is 5.79. The summed E-state index contributed by atoms with van der Waals surface area (Å²) < 4.78 is 10.6. The predicted octanol–water partition coefficient (Wildman–Crippen LogP) is 0.403. The maximum absolute atomic E-state index is 5.29. The minimum absolute atomic E-state index is 0.162. The fourth-order valence-electron chi connectivity index (χ4n) is 0.842. The van der Waals surface area contributed by atoms with E-state index in [2.05, 4.69) is 12.0 Å². The van der Waals surface area contributed by atoms with Crippen molar-refractivity contribution < 1.29 is 9.47 Å². The largest absolute Gasteiger partial charge is 0.351 e. The molecule has 0 saturated carbocycles. The summed E-state index contributed by atoms with van der Waals surface area (Å²) in [5.41, 5.74) is 2.55. The Labute approximate surface area is 73.7 Å². The highest BCUT2D eigenvalue weighted by molar-refractivity contribution is 4.86. The summed E-state index contributed by atoms with van der Waals surface area (Å²) in [5, 5.41) is 0. The van der Waals surface area contributed by atoms with E-state index in [1.165, 1.54) is 0 Å². The van der Waals surface area contributed by atoms with Gasteiger partial charge in [0.25, 0.3) is 0 Å². The zero-order chi connectivity index (χ0) is 9.40. The first-order valence-corrected chi connectivity index (χ1v) is 4.12. The molecule has 0 amide bonds. The summed E-state index contributed by atoms with van der Waals surface area (Å²) >= 11 is 0. The van der Waals surface area contributed by atoms with E-state index >= 15 is 0 Å². The summed E-state index contributed by atoms with van der Waals surface area (Å²) in [4.78, 5) is 0. The Morgan fingerprint density at radius 2 is 1.92 bits per heavy atom. The fraction of sp³-hybridized carbons (Fsp3) is 0.750. The topological polar surface area (TPSA) is 56.5 Å². The lowest BCUT2D eigenvalue weighted by molar-refractivity contribution is -0.146. The van der Waals surface area contributed by atoms with Crippen LogP contribution in [0.3, 0.4) is 0 Å². The summed E-state index contributed by atoms with van der Waals surface area (Å²) in [5.74, 6) is 5.26. The molecule has 0 aromatic rings. The first-order valence-electron chi connectivity index (χ1n) is 4.12. The second-order valence-electron chi connectivity index (χ2n) is 2.21. The molecule has 0 heterocycles. The molecule has 0 aliphatic heterocycles. The average Bonchev–Trinajstić information content (AvgIpc) is 2.07. The maximum Gasteiger partial charge on any atom is 0.177 e. The molecule has 0 aromatic carbocycles. The van der Waals surface area contributed by atoms with Crippen molar-refractivity contribution in [3.63, 3.8) is 0 Å². The molecule has 0 spiro atoms. The SMILES string of the molecule is C=CC(NN)C(OCC)OCC. The molecule has 3 N–H and O–H groups in total.